The minimum Gasteiger partial charge on any atom is -0.490 e. The number of hydrogen-bond donors (Lipinski definition) is 2. The van der Waals surface area contributed by atoms with Gasteiger partial charge in [-0.3, -0.25) is 5.84 Å². The summed E-state index contributed by atoms with van der Waals surface area (Å²) >= 11 is 6.03. The third-order valence-electron chi connectivity index (χ3n) is 3.73. The standard InChI is InChI=1S/C17H19ClN2O/c1-11-9-13(18)5-8-16(11)17(20-19)12-3-2-4-15(10-12)21-14-6-7-14/h2-5,8-10,14,17,20H,6-7,19H2,1H3. The van der Waals surface area contributed by atoms with Gasteiger partial charge < -0.3 is 4.74 Å². The number of hydrazine groups is 1. The molecule has 2 aromatic rings. The average Bonchev–Trinajstić information content (AvgIpc) is 3.26. The molecular weight excluding hydrogens is 284 g/mol. The van der Waals surface area contributed by atoms with Gasteiger partial charge in [-0.05, 0) is 60.7 Å². The summed E-state index contributed by atoms with van der Waals surface area (Å²) in [5.74, 6) is 6.69. The molecule has 0 aliphatic heterocycles. The Kier molecular flexibility index (Phi) is 4.15. The molecule has 1 unspecified atom stereocenters. The summed E-state index contributed by atoms with van der Waals surface area (Å²) in [5.41, 5.74) is 6.20. The van der Waals surface area contributed by atoms with Crippen LogP contribution in [0.15, 0.2) is 42.5 Å². The maximum absolute atomic E-state index is 6.03. The lowest BCUT2D eigenvalue weighted by atomic mass is 9.95. The van der Waals surface area contributed by atoms with Crippen LogP contribution in [0.5, 0.6) is 5.75 Å². The Hall–Kier alpha value is -1.55. The van der Waals surface area contributed by atoms with Crippen LogP contribution in [-0.2, 0) is 0 Å². The maximum atomic E-state index is 6.03. The molecule has 0 aromatic heterocycles. The summed E-state index contributed by atoms with van der Waals surface area (Å²) in [6.45, 7) is 2.04. The van der Waals surface area contributed by atoms with Gasteiger partial charge in [-0.25, -0.2) is 5.43 Å². The van der Waals surface area contributed by atoms with Gasteiger partial charge >= 0.3 is 0 Å². The van der Waals surface area contributed by atoms with E-state index in [2.05, 4.69) is 17.6 Å². The molecule has 1 fully saturated rings. The first kappa shape index (κ1) is 14.4. The summed E-state index contributed by atoms with van der Waals surface area (Å²) in [6, 6.07) is 13.9. The molecule has 1 aliphatic rings. The van der Waals surface area contributed by atoms with E-state index >= 15 is 0 Å². The number of hydrogen-bond acceptors (Lipinski definition) is 3. The topological polar surface area (TPSA) is 47.3 Å². The van der Waals surface area contributed by atoms with Crippen molar-refractivity contribution in [3.05, 3.63) is 64.2 Å². The number of ether oxygens (including phenoxy) is 1. The third kappa shape index (κ3) is 3.38. The Morgan fingerprint density at radius 3 is 2.71 bits per heavy atom. The zero-order chi connectivity index (χ0) is 14.8. The van der Waals surface area contributed by atoms with Crippen molar-refractivity contribution in [2.24, 2.45) is 5.84 Å². The Balaban J connectivity index is 1.91. The van der Waals surface area contributed by atoms with E-state index in [1.54, 1.807) is 0 Å². The second kappa shape index (κ2) is 6.06. The molecule has 1 atom stereocenters. The molecule has 1 saturated carbocycles. The molecule has 0 spiro atoms. The Labute approximate surface area is 130 Å². The smallest absolute Gasteiger partial charge is 0.120 e. The van der Waals surface area contributed by atoms with Crippen LogP contribution in [0.25, 0.3) is 0 Å². The van der Waals surface area contributed by atoms with Crippen molar-refractivity contribution in [2.45, 2.75) is 31.9 Å². The number of aryl methyl sites for hydroxylation is 1. The molecule has 4 heteroatoms. The van der Waals surface area contributed by atoms with Gasteiger partial charge in [0.1, 0.15) is 5.75 Å². The van der Waals surface area contributed by atoms with Gasteiger partial charge in [0, 0.05) is 5.02 Å². The van der Waals surface area contributed by atoms with Gasteiger partial charge in [-0.1, -0.05) is 29.8 Å². The fourth-order valence-corrected chi connectivity index (χ4v) is 2.70. The molecule has 0 bridgehead atoms. The van der Waals surface area contributed by atoms with Crippen LogP contribution >= 0.6 is 11.6 Å². The highest BCUT2D eigenvalue weighted by Crippen LogP contribution is 2.31. The van der Waals surface area contributed by atoms with E-state index < -0.39 is 0 Å². The molecule has 3 rings (SSSR count). The van der Waals surface area contributed by atoms with E-state index in [0.717, 1.165) is 40.3 Å². The average molecular weight is 303 g/mol. The fourth-order valence-electron chi connectivity index (χ4n) is 2.47. The van der Waals surface area contributed by atoms with E-state index in [-0.39, 0.29) is 6.04 Å². The van der Waals surface area contributed by atoms with Gasteiger partial charge in [0.05, 0.1) is 12.1 Å². The summed E-state index contributed by atoms with van der Waals surface area (Å²) < 4.78 is 5.86. The SMILES string of the molecule is Cc1cc(Cl)ccc1C(NN)c1cccc(OC2CC2)c1. The highest BCUT2D eigenvalue weighted by molar-refractivity contribution is 6.30. The zero-order valence-electron chi connectivity index (χ0n) is 12.0. The molecule has 3 nitrogen and oxygen atoms in total. The fraction of sp³-hybridized carbons (Fsp3) is 0.294. The zero-order valence-corrected chi connectivity index (χ0v) is 12.7. The monoisotopic (exact) mass is 302 g/mol. The molecule has 0 saturated heterocycles. The summed E-state index contributed by atoms with van der Waals surface area (Å²) in [6.07, 6.45) is 2.69. The highest BCUT2D eigenvalue weighted by atomic mass is 35.5. The van der Waals surface area contributed by atoms with Crippen molar-refractivity contribution in [1.82, 2.24) is 5.43 Å². The first-order chi connectivity index (χ1) is 10.2. The predicted molar refractivity (Wildman–Crippen MR) is 85.4 cm³/mol. The quantitative estimate of drug-likeness (QED) is 0.653. The minimum absolute atomic E-state index is 0.0787. The molecule has 0 amide bonds. The number of nitrogens with one attached hydrogen (secondary N) is 1. The van der Waals surface area contributed by atoms with Crippen LogP contribution < -0.4 is 16.0 Å². The molecular formula is C17H19ClN2O. The van der Waals surface area contributed by atoms with E-state index in [4.69, 9.17) is 22.2 Å². The van der Waals surface area contributed by atoms with Gasteiger partial charge in [0.15, 0.2) is 0 Å². The molecule has 0 radical (unpaired) electrons. The normalized spacial score (nSPS) is 15.8. The van der Waals surface area contributed by atoms with Crippen LogP contribution in [0.4, 0.5) is 0 Å². The van der Waals surface area contributed by atoms with Crippen molar-refractivity contribution >= 4 is 11.6 Å². The highest BCUT2D eigenvalue weighted by Gasteiger charge is 2.24. The van der Waals surface area contributed by atoms with Gasteiger partial charge in [-0.2, -0.15) is 0 Å². The first-order valence-corrected chi connectivity index (χ1v) is 7.54. The van der Waals surface area contributed by atoms with Crippen molar-refractivity contribution in [2.75, 3.05) is 0 Å². The van der Waals surface area contributed by atoms with Crippen molar-refractivity contribution in [1.29, 1.82) is 0 Å². The van der Waals surface area contributed by atoms with Crippen molar-refractivity contribution in [3.63, 3.8) is 0 Å². The largest absolute Gasteiger partial charge is 0.490 e. The molecule has 1 aliphatic carbocycles. The molecule has 3 N–H and O–H groups in total. The number of benzene rings is 2. The lowest BCUT2D eigenvalue weighted by Crippen LogP contribution is -2.29. The first-order valence-electron chi connectivity index (χ1n) is 7.16. The second-order valence-electron chi connectivity index (χ2n) is 5.49. The minimum atomic E-state index is -0.0787. The van der Waals surface area contributed by atoms with Gasteiger partial charge in [0.25, 0.3) is 0 Å². The molecule has 110 valence electrons. The Morgan fingerprint density at radius 2 is 2.05 bits per heavy atom. The van der Waals surface area contributed by atoms with Crippen LogP contribution in [0, 0.1) is 6.92 Å². The van der Waals surface area contributed by atoms with Crippen molar-refractivity contribution in [3.8, 4) is 5.75 Å². The maximum Gasteiger partial charge on any atom is 0.120 e. The number of halogens is 1. The van der Waals surface area contributed by atoms with E-state index in [9.17, 15) is 0 Å². The van der Waals surface area contributed by atoms with Gasteiger partial charge in [-0.15, -0.1) is 0 Å². The molecule has 0 heterocycles. The Bertz CT molecular complexity index is 640. The van der Waals surface area contributed by atoms with E-state index in [0.29, 0.717) is 6.10 Å². The lowest BCUT2D eigenvalue weighted by Gasteiger charge is -2.20. The van der Waals surface area contributed by atoms with E-state index in [1.165, 1.54) is 0 Å². The van der Waals surface area contributed by atoms with Gasteiger partial charge in [0.2, 0.25) is 0 Å². The number of nitrogens with two attached hydrogens (primary N) is 1. The molecule has 21 heavy (non-hydrogen) atoms. The summed E-state index contributed by atoms with van der Waals surface area (Å²) in [5, 5.41) is 0.734. The second-order valence-corrected chi connectivity index (χ2v) is 5.93. The van der Waals surface area contributed by atoms with Crippen LogP contribution in [0.2, 0.25) is 5.02 Å². The van der Waals surface area contributed by atoms with E-state index in [1.807, 2.05) is 37.3 Å². The predicted octanol–water partition coefficient (Wildman–Crippen LogP) is 3.74. The Morgan fingerprint density at radius 1 is 1.24 bits per heavy atom. The third-order valence-corrected chi connectivity index (χ3v) is 3.96. The lowest BCUT2D eigenvalue weighted by molar-refractivity contribution is 0.302. The number of rotatable bonds is 5. The van der Waals surface area contributed by atoms with Crippen LogP contribution in [0.1, 0.15) is 35.6 Å². The van der Waals surface area contributed by atoms with Crippen LogP contribution in [-0.4, -0.2) is 6.10 Å². The molecule has 2 aromatic carbocycles. The summed E-state index contributed by atoms with van der Waals surface area (Å²) in [7, 11) is 0. The van der Waals surface area contributed by atoms with Crippen LogP contribution in [0.3, 0.4) is 0 Å². The summed E-state index contributed by atoms with van der Waals surface area (Å²) in [4.78, 5) is 0. The van der Waals surface area contributed by atoms with Crippen molar-refractivity contribution < 1.29 is 4.74 Å².